The molecule has 1 aliphatic rings. The molecular formula is C18H17Cl2FN2O2. The van der Waals surface area contributed by atoms with Crippen molar-refractivity contribution in [1.29, 1.82) is 0 Å². The Balaban J connectivity index is 1.70. The first-order chi connectivity index (χ1) is 11.9. The topological polar surface area (TPSA) is 62.2 Å². The third-order valence-electron chi connectivity index (χ3n) is 4.40. The maximum absolute atomic E-state index is 15.4. The number of alkyl halides is 1. The second-order valence-electron chi connectivity index (χ2n) is 6.03. The Kier molecular flexibility index (Phi) is 5.27. The number of nitrogens with zero attached hydrogens (tertiary/aromatic N) is 1. The summed E-state index contributed by atoms with van der Waals surface area (Å²) in [5, 5.41) is 13.6. The predicted octanol–water partition coefficient (Wildman–Crippen LogP) is 3.74. The number of carbonyl (C=O) groups excluding carboxylic acids is 1. The van der Waals surface area contributed by atoms with Crippen LogP contribution in [0.3, 0.4) is 0 Å². The molecule has 0 fully saturated rings. The van der Waals surface area contributed by atoms with Gasteiger partial charge in [-0.3, -0.25) is 9.78 Å². The van der Waals surface area contributed by atoms with E-state index in [2.05, 4.69) is 10.3 Å². The number of rotatable bonds is 4. The van der Waals surface area contributed by atoms with Gasteiger partial charge in [0.2, 0.25) is 5.67 Å². The first-order valence-corrected chi connectivity index (χ1v) is 8.72. The van der Waals surface area contributed by atoms with Crippen LogP contribution in [0.5, 0.6) is 0 Å². The number of halogens is 3. The van der Waals surface area contributed by atoms with Crippen molar-refractivity contribution >= 4 is 29.1 Å². The lowest BCUT2D eigenvalue weighted by atomic mass is 9.81. The summed E-state index contributed by atoms with van der Waals surface area (Å²) in [6.45, 7) is 0.240. The SMILES string of the molecule is O=C(NCCc1ccc(Cl)cc1Cl)[C@]1(F)CC[C@H](O)c2ncccc21. The minimum atomic E-state index is -2.19. The zero-order valence-electron chi connectivity index (χ0n) is 13.3. The van der Waals surface area contributed by atoms with Crippen LogP contribution in [0.1, 0.15) is 35.8 Å². The van der Waals surface area contributed by atoms with E-state index in [0.29, 0.717) is 16.5 Å². The summed E-state index contributed by atoms with van der Waals surface area (Å²) in [5.74, 6) is -0.723. The van der Waals surface area contributed by atoms with E-state index in [1.54, 1.807) is 24.3 Å². The molecule has 2 N–H and O–H groups in total. The number of amides is 1. The Hall–Kier alpha value is -1.69. The number of aromatic nitrogens is 1. The number of benzene rings is 1. The number of hydrogen-bond donors (Lipinski definition) is 2. The van der Waals surface area contributed by atoms with Gasteiger partial charge in [0.05, 0.1) is 11.8 Å². The van der Waals surface area contributed by atoms with Gasteiger partial charge in [-0.25, -0.2) is 4.39 Å². The van der Waals surface area contributed by atoms with Crippen LogP contribution in [0.25, 0.3) is 0 Å². The van der Waals surface area contributed by atoms with Crippen molar-refractivity contribution in [2.24, 2.45) is 0 Å². The standard InChI is InChI=1S/C18H17Cl2FN2O2/c19-12-4-3-11(14(20)10-12)6-9-23-17(25)18(21)7-5-15(24)16-13(18)2-1-8-22-16/h1-4,8,10,15,24H,5-7,9H2,(H,23,25)/t15-,18-/m0/s1. The molecule has 7 heteroatoms. The van der Waals surface area contributed by atoms with Crippen LogP contribution >= 0.6 is 23.2 Å². The Bertz CT molecular complexity index is 802. The van der Waals surface area contributed by atoms with Crippen LogP contribution in [-0.4, -0.2) is 22.5 Å². The maximum atomic E-state index is 15.4. The quantitative estimate of drug-likeness (QED) is 0.846. The van der Waals surface area contributed by atoms with Gasteiger partial charge in [0.1, 0.15) is 0 Å². The molecule has 4 nitrogen and oxygen atoms in total. The maximum Gasteiger partial charge on any atom is 0.262 e. The van der Waals surface area contributed by atoms with E-state index in [-0.39, 0.29) is 30.6 Å². The first-order valence-electron chi connectivity index (χ1n) is 7.96. The highest BCUT2D eigenvalue weighted by Gasteiger charge is 2.46. The minimum Gasteiger partial charge on any atom is -0.387 e. The summed E-state index contributed by atoms with van der Waals surface area (Å²) in [6, 6.07) is 8.18. The van der Waals surface area contributed by atoms with Gasteiger partial charge in [0.25, 0.3) is 5.91 Å². The van der Waals surface area contributed by atoms with Crippen molar-refractivity contribution in [3.8, 4) is 0 Å². The van der Waals surface area contributed by atoms with E-state index in [4.69, 9.17) is 23.2 Å². The van der Waals surface area contributed by atoms with Crippen LogP contribution in [0.2, 0.25) is 10.0 Å². The molecule has 1 aromatic carbocycles. The smallest absolute Gasteiger partial charge is 0.262 e. The molecule has 2 aromatic rings. The summed E-state index contributed by atoms with van der Waals surface area (Å²) < 4.78 is 15.4. The number of aliphatic hydroxyl groups is 1. The van der Waals surface area contributed by atoms with Gasteiger partial charge in [0, 0.05) is 28.4 Å². The Morgan fingerprint density at radius 2 is 2.20 bits per heavy atom. The lowest BCUT2D eigenvalue weighted by Crippen LogP contribution is -2.44. The van der Waals surface area contributed by atoms with Crippen molar-refractivity contribution < 1.29 is 14.3 Å². The molecule has 0 unspecified atom stereocenters. The second kappa shape index (κ2) is 7.28. The minimum absolute atomic E-state index is 0.0829. The molecule has 1 amide bonds. The third-order valence-corrected chi connectivity index (χ3v) is 4.99. The summed E-state index contributed by atoms with van der Waals surface area (Å²) in [5.41, 5.74) is -1.00. The van der Waals surface area contributed by atoms with Crippen molar-refractivity contribution in [1.82, 2.24) is 10.3 Å². The molecule has 0 spiro atoms. The lowest BCUT2D eigenvalue weighted by molar-refractivity contribution is -0.135. The molecule has 25 heavy (non-hydrogen) atoms. The third kappa shape index (κ3) is 3.64. The van der Waals surface area contributed by atoms with Crippen LogP contribution in [0.4, 0.5) is 4.39 Å². The van der Waals surface area contributed by atoms with Crippen LogP contribution < -0.4 is 5.32 Å². The average Bonchev–Trinajstić information content (AvgIpc) is 2.60. The molecule has 132 valence electrons. The highest BCUT2D eigenvalue weighted by molar-refractivity contribution is 6.35. The molecule has 0 saturated heterocycles. The fourth-order valence-electron chi connectivity index (χ4n) is 3.04. The van der Waals surface area contributed by atoms with Crippen LogP contribution in [-0.2, 0) is 16.9 Å². The van der Waals surface area contributed by atoms with Gasteiger partial charge in [-0.05, 0) is 43.0 Å². The molecule has 0 radical (unpaired) electrons. The highest BCUT2D eigenvalue weighted by atomic mass is 35.5. The monoisotopic (exact) mass is 382 g/mol. The van der Waals surface area contributed by atoms with Crippen molar-refractivity contribution in [2.75, 3.05) is 6.54 Å². The van der Waals surface area contributed by atoms with E-state index in [9.17, 15) is 9.90 Å². The predicted molar refractivity (Wildman–Crippen MR) is 94.4 cm³/mol. The highest BCUT2D eigenvalue weighted by Crippen LogP contribution is 2.42. The van der Waals surface area contributed by atoms with Gasteiger partial charge in [-0.1, -0.05) is 35.3 Å². The number of fused-ring (bicyclic) bond motifs is 1. The van der Waals surface area contributed by atoms with Gasteiger partial charge in [-0.15, -0.1) is 0 Å². The summed E-state index contributed by atoms with van der Waals surface area (Å²) in [7, 11) is 0. The molecule has 0 bridgehead atoms. The largest absolute Gasteiger partial charge is 0.387 e. The number of aliphatic hydroxyl groups excluding tert-OH is 1. The number of pyridine rings is 1. The van der Waals surface area contributed by atoms with Gasteiger partial charge >= 0.3 is 0 Å². The fourth-order valence-corrected chi connectivity index (χ4v) is 3.54. The van der Waals surface area contributed by atoms with Crippen molar-refractivity contribution in [3.63, 3.8) is 0 Å². The van der Waals surface area contributed by atoms with E-state index >= 15 is 4.39 Å². The van der Waals surface area contributed by atoms with E-state index in [0.717, 1.165) is 5.56 Å². The summed E-state index contributed by atoms with van der Waals surface area (Å²) in [4.78, 5) is 16.5. The fraction of sp³-hybridized carbons (Fsp3) is 0.333. The van der Waals surface area contributed by atoms with Gasteiger partial charge in [0.15, 0.2) is 0 Å². The van der Waals surface area contributed by atoms with Gasteiger partial charge < -0.3 is 10.4 Å². The molecule has 1 aliphatic carbocycles. The zero-order chi connectivity index (χ0) is 18.0. The summed E-state index contributed by atoms with van der Waals surface area (Å²) in [6.07, 6.45) is 1.16. The second-order valence-corrected chi connectivity index (χ2v) is 6.88. The number of carbonyl (C=O) groups is 1. The van der Waals surface area contributed by atoms with Crippen molar-refractivity contribution in [3.05, 3.63) is 63.4 Å². The van der Waals surface area contributed by atoms with Gasteiger partial charge in [-0.2, -0.15) is 0 Å². The van der Waals surface area contributed by atoms with Crippen molar-refractivity contribution in [2.45, 2.75) is 31.0 Å². The Morgan fingerprint density at radius 3 is 2.96 bits per heavy atom. The zero-order valence-corrected chi connectivity index (χ0v) is 14.8. The number of hydrogen-bond acceptors (Lipinski definition) is 3. The Morgan fingerprint density at radius 1 is 1.40 bits per heavy atom. The lowest BCUT2D eigenvalue weighted by Gasteiger charge is -2.32. The molecule has 3 rings (SSSR count). The number of nitrogens with one attached hydrogen (secondary N) is 1. The Labute approximate surface area is 155 Å². The normalized spacial score (nSPS) is 22.3. The first kappa shape index (κ1) is 18.1. The van der Waals surface area contributed by atoms with E-state index < -0.39 is 17.7 Å². The van der Waals surface area contributed by atoms with E-state index in [1.807, 2.05) is 0 Å². The molecule has 2 atom stereocenters. The molecule has 0 saturated carbocycles. The van der Waals surface area contributed by atoms with Crippen LogP contribution in [0.15, 0.2) is 36.5 Å². The van der Waals surface area contributed by atoms with Crippen LogP contribution in [0, 0.1) is 0 Å². The molecule has 0 aliphatic heterocycles. The van der Waals surface area contributed by atoms with E-state index in [1.165, 1.54) is 12.3 Å². The molecule has 1 aromatic heterocycles. The molecule has 1 heterocycles. The molecular weight excluding hydrogens is 366 g/mol. The average molecular weight is 383 g/mol. The summed E-state index contributed by atoms with van der Waals surface area (Å²) >= 11 is 11.9.